The second-order valence-electron chi connectivity index (χ2n) is 5.71. The number of carbonyl (C=O) groups is 1. The Morgan fingerprint density at radius 1 is 0.857 bits per heavy atom. The summed E-state index contributed by atoms with van der Waals surface area (Å²) in [6, 6.07) is 24.7. The van der Waals surface area contributed by atoms with Gasteiger partial charge in [-0.25, -0.2) is 4.79 Å². The van der Waals surface area contributed by atoms with Crippen LogP contribution < -0.4 is 20.1 Å². The van der Waals surface area contributed by atoms with E-state index in [1.165, 1.54) is 0 Å². The van der Waals surface area contributed by atoms with Crippen LogP contribution in [0.25, 0.3) is 0 Å². The summed E-state index contributed by atoms with van der Waals surface area (Å²) in [5, 5.41) is 5.58. The van der Waals surface area contributed by atoms with Crippen molar-refractivity contribution in [2.24, 2.45) is 0 Å². The SMILES string of the molecule is CCOc1ccccc1OCNC(=O)Nc1ccccc1Sc1ccccc1. The summed E-state index contributed by atoms with van der Waals surface area (Å²) in [6.07, 6.45) is 0. The summed E-state index contributed by atoms with van der Waals surface area (Å²) in [5.74, 6) is 1.24. The van der Waals surface area contributed by atoms with Crippen LogP contribution in [-0.2, 0) is 0 Å². The molecule has 0 fully saturated rings. The maximum absolute atomic E-state index is 12.3. The molecule has 5 nitrogen and oxygen atoms in total. The Morgan fingerprint density at radius 2 is 1.50 bits per heavy atom. The fourth-order valence-corrected chi connectivity index (χ4v) is 3.39. The Labute approximate surface area is 169 Å². The van der Waals surface area contributed by atoms with Gasteiger partial charge in [0.15, 0.2) is 18.2 Å². The maximum atomic E-state index is 12.3. The van der Waals surface area contributed by atoms with Gasteiger partial charge in [-0.05, 0) is 43.3 Å². The molecule has 2 amide bonds. The molecule has 0 aliphatic carbocycles. The number of anilines is 1. The average molecular weight is 394 g/mol. The van der Waals surface area contributed by atoms with Crippen LogP contribution in [0.1, 0.15) is 6.92 Å². The normalized spacial score (nSPS) is 10.2. The molecule has 0 aromatic heterocycles. The van der Waals surface area contributed by atoms with Crippen molar-refractivity contribution in [1.29, 1.82) is 0 Å². The average Bonchev–Trinajstić information content (AvgIpc) is 2.72. The molecule has 6 heteroatoms. The van der Waals surface area contributed by atoms with Crippen molar-refractivity contribution in [2.75, 3.05) is 18.7 Å². The lowest BCUT2D eigenvalue weighted by atomic mass is 10.3. The van der Waals surface area contributed by atoms with Gasteiger partial charge in [-0.15, -0.1) is 0 Å². The molecule has 0 radical (unpaired) electrons. The van der Waals surface area contributed by atoms with Crippen molar-refractivity contribution >= 4 is 23.5 Å². The molecule has 3 aromatic carbocycles. The van der Waals surface area contributed by atoms with Crippen molar-refractivity contribution in [3.05, 3.63) is 78.9 Å². The lowest BCUT2D eigenvalue weighted by Crippen LogP contribution is -2.32. The summed E-state index contributed by atoms with van der Waals surface area (Å²) in [7, 11) is 0. The van der Waals surface area contributed by atoms with Gasteiger partial charge >= 0.3 is 6.03 Å². The van der Waals surface area contributed by atoms with E-state index in [4.69, 9.17) is 9.47 Å². The van der Waals surface area contributed by atoms with E-state index in [1.807, 2.05) is 79.7 Å². The Hall–Kier alpha value is -3.12. The van der Waals surface area contributed by atoms with Crippen LogP contribution in [0.15, 0.2) is 88.7 Å². The Balaban J connectivity index is 1.56. The summed E-state index contributed by atoms with van der Waals surface area (Å²) in [6.45, 7) is 2.49. The van der Waals surface area contributed by atoms with Gasteiger partial charge in [0.2, 0.25) is 0 Å². The third kappa shape index (κ3) is 5.69. The molecule has 0 bridgehead atoms. The standard InChI is InChI=1S/C22H22N2O3S/c1-2-26-19-13-7-8-14-20(19)27-16-23-22(25)24-18-12-6-9-15-21(18)28-17-10-4-3-5-11-17/h3-15H,2,16H2,1H3,(H2,23,24,25). The lowest BCUT2D eigenvalue weighted by molar-refractivity contribution is 0.229. The first-order valence-corrected chi connectivity index (χ1v) is 9.79. The van der Waals surface area contributed by atoms with E-state index in [9.17, 15) is 4.79 Å². The van der Waals surface area contributed by atoms with Crippen LogP contribution in [0, 0.1) is 0 Å². The van der Waals surface area contributed by atoms with Gasteiger partial charge in [0.25, 0.3) is 0 Å². The van der Waals surface area contributed by atoms with Crippen LogP contribution in [0.3, 0.4) is 0 Å². The van der Waals surface area contributed by atoms with Crippen LogP contribution >= 0.6 is 11.8 Å². The van der Waals surface area contributed by atoms with E-state index in [-0.39, 0.29) is 12.8 Å². The predicted octanol–water partition coefficient (Wildman–Crippen LogP) is 5.39. The molecule has 144 valence electrons. The lowest BCUT2D eigenvalue weighted by Gasteiger charge is -2.14. The minimum atomic E-state index is -0.338. The number of rotatable bonds is 8. The molecular weight excluding hydrogens is 372 g/mol. The highest BCUT2D eigenvalue weighted by molar-refractivity contribution is 7.99. The summed E-state index contributed by atoms with van der Waals surface area (Å²) >= 11 is 1.59. The highest BCUT2D eigenvalue weighted by Crippen LogP contribution is 2.33. The first-order chi connectivity index (χ1) is 13.8. The zero-order valence-electron chi connectivity index (χ0n) is 15.6. The molecule has 3 aromatic rings. The van der Waals surface area contributed by atoms with Crippen molar-refractivity contribution < 1.29 is 14.3 Å². The zero-order chi connectivity index (χ0) is 19.6. The number of ether oxygens (including phenoxy) is 2. The maximum Gasteiger partial charge on any atom is 0.321 e. The Morgan fingerprint density at radius 3 is 2.25 bits per heavy atom. The molecule has 0 aliphatic heterocycles. The molecular formula is C22H22N2O3S. The number of amides is 2. The third-order valence-corrected chi connectivity index (χ3v) is 4.80. The van der Waals surface area contributed by atoms with E-state index < -0.39 is 0 Å². The Bertz CT molecular complexity index is 903. The topological polar surface area (TPSA) is 59.6 Å². The number of carbonyl (C=O) groups excluding carboxylic acids is 1. The van der Waals surface area contributed by atoms with Crippen LogP contribution in [-0.4, -0.2) is 19.4 Å². The highest BCUT2D eigenvalue weighted by atomic mass is 32.2. The largest absolute Gasteiger partial charge is 0.490 e. The fourth-order valence-electron chi connectivity index (χ4n) is 2.46. The predicted molar refractivity (Wildman–Crippen MR) is 112 cm³/mol. The number of para-hydroxylation sites is 3. The number of hydrogen-bond acceptors (Lipinski definition) is 4. The molecule has 0 saturated heterocycles. The van der Waals surface area contributed by atoms with Crippen molar-refractivity contribution in [2.45, 2.75) is 16.7 Å². The van der Waals surface area contributed by atoms with E-state index in [1.54, 1.807) is 17.8 Å². The van der Waals surface area contributed by atoms with Gasteiger partial charge < -0.3 is 20.1 Å². The number of nitrogens with one attached hydrogen (secondary N) is 2. The third-order valence-electron chi connectivity index (χ3n) is 3.72. The summed E-state index contributed by atoms with van der Waals surface area (Å²) in [4.78, 5) is 14.3. The van der Waals surface area contributed by atoms with Gasteiger partial charge in [-0.2, -0.15) is 0 Å². The molecule has 0 spiro atoms. The summed E-state index contributed by atoms with van der Waals surface area (Å²) in [5.41, 5.74) is 0.739. The molecule has 0 atom stereocenters. The van der Waals surface area contributed by atoms with Gasteiger partial charge in [0.1, 0.15) is 0 Å². The van der Waals surface area contributed by atoms with Gasteiger partial charge in [-0.1, -0.05) is 54.2 Å². The minimum Gasteiger partial charge on any atom is -0.490 e. The van der Waals surface area contributed by atoms with E-state index in [0.717, 1.165) is 15.5 Å². The molecule has 0 saturated carbocycles. The van der Waals surface area contributed by atoms with Crippen molar-refractivity contribution in [3.8, 4) is 11.5 Å². The molecule has 28 heavy (non-hydrogen) atoms. The number of benzene rings is 3. The minimum absolute atomic E-state index is 0.0317. The highest BCUT2D eigenvalue weighted by Gasteiger charge is 2.08. The molecule has 0 unspecified atom stereocenters. The van der Waals surface area contributed by atoms with Crippen molar-refractivity contribution in [3.63, 3.8) is 0 Å². The zero-order valence-corrected chi connectivity index (χ0v) is 16.4. The molecule has 0 heterocycles. The van der Waals surface area contributed by atoms with E-state index in [2.05, 4.69) is 10.6 Å². The van der Waals surface area contributed by atoms with Crippen LogP contribution in [0.5, 0.6) is 11.5 Å². The van der Waals surface area contributed by atoms with Crippen LogP contribution in [0.4, 0.5) is 10.5 Å². The number of urea groups is 1. The second kappa shape index (κ2) is 10.3. The van der Waals surface area contributed by atoms with E-state index in [0.29, 0.717) is 18.1 Å². The van der Waals surface area contributed by atoms with Crippen LogP contribution in [0.2, 0.25) is 0 Å². The molecule has 2 N–H and O–H groups in total. The monoisotopic (exact) mass is 394 g/mol. The van der Waals surface area contributed by atoms with Crippen molar-refractivity contribution in [1.82, 2.24) is 5.32 Å². The van der Waals surface area contributed by atoms with Gasteiger partial charge in [0, 0.05) is 9.79 Å². The van der Waals surface area contributed by atoms with Gasteiger partial charge in [0.05, 0.1) is 12.3 Å². The first-order valence-electron chi connectivity index (χ1n) is 8.97. The quantitative estimate of drug-likeness (QED) is 0.503. The van der Waals surface area contributed by atoms with Gasteiger partial charge in [-0.3, -0.25) is 0 Å². The summed E-state index contributed by atoms with van der Waals surface area (Å²) < 4.78 is 11.1. The number of hydrogen-bond donors (Lipinski definition) is 2. The smallest absolute Gasteiger partial charge is 0.321 e. The van der Waals surface area contributed by atoms with E-state index >= 15 is 0 Å². The molecule has 0 aliphatic rings. The Kier molecular flexibility index (Phi) is 7.21. The second-order valence-corrected chi connectivity index (χ2v) is 6.83. The first kappa shape index (κ1) is 19.6. The molecule has 3 rings (SSSR count). The fraction of sp³-hybridized carbons (Fsp3) is 0.136.